The largest absolute Gasteiger partial charge is 0.468 e. The number of aryl methyl sites for hydroxylation is 1. The lowest BCUT2D eigenvalue weighted by molar-refractivity contribution is -0.142. The van der Waals surface area contributed by atoms with Crippen molar-refractivity contribution < 1.29 is 33.5 Å². The highest BCUT2D eigenvalue weighted by Gasteiger charge is 2.56. The molecule has 0 radical (unpaired) electrons. The van der Waals surface area contributed by atoms with Gasteiger partial charge in [-0.1, -0.05) is 23.3 Å². The Morgan fingerprint density at radius 3 is 2.82 bits per heavy atom. The minimum atomic E-state index is -3.61. The third-order valence-corrected chi connectivity index (χ3v) is 8.24. The van der Waals surface area contributed by atoms with Crippen molar-refractivity contribution in [1.29, 1.82) is 0 Å². The van der Waals surface area contributed by atoms with Crippen molar-refractivity contribution in [1.82, 2.24) is 24.6 Å². The van der Waals surface area contributed by atoms with Crippen LogP contribution >= 0.6 is 6.64 Å². The van der Waals surface area contributed by atoms with E-state index in [1.807, 2.05) is 0 Å². The third kappa shape index (κ3) is 5.80. The van der Waals surface area contributed by atoms with Gasteiger partial charge in [-0.05, 0) is 43.3 Å². The van der Waals surface area contributed by atoms with Gasteiger partial charge in [0, 0.05) is 4.91 Å². The van der Waals surface area contributed by atoms with Crippen LogP contribution in [0.3, 0.4) is 0 Å². The zero-order valence-corrected chi connectivity index (χ0v) is 22.6. The average molecular weight is 581 g/mol. The molecule has 2 aromatic heterocycles. The van der Waals surface area contributed by atoms with Crippen molar-refractivity contribution >= 4 is 35.6 Å². The number of para-hydroxylation sites is 1. The maximum atomic E-state index is 12.3. The first-order valence-corrected chi connectivity index (χ1v) is 14.0. The molecule has 0 aliphatic carbocycles. The standard InChI is InChI=1S/C21H25N8O8PS/c1-11(20(33)34-3)26-38(39,37-13-7-5-4-6-8-13)35-9-21(27-28-22)16(31)15(30)19(36-21)29-10-23-14-17(29)24-12(2)25-18(14)32/h4-8,10-11,15-16,19,30-31H,9H2,1-3H3,(H,26,39)(H,24,25,32)/t11?,15-,16+,19-,21-,38?/m1/s1. The zero-order chi connectivity index (χ0) is 28.4. The number of H-pyrrole nitrogens is 1. The number of rotatable bonds is 10. The second-order valence-corrected chi connectivity index (χ2v) is 11.6. The first-order valence-electron chi connectivity index (χ1n) is 11.4. The second-order valence-electron chi connectivity index (χ2n) is 8.50. The highest BCUT2D eigenvalue weighted by Crippen LogP contribution is 2.48. The highest BCUT2D eigenvalue weighted by atomic mass is 32.5. The molecule has 3 aromatic rings. The number of esters is 1. The second kappa shape index (κ2) is 11.4. The van der Waals surface area contributed by atoms with E-state index in [4.69, 9.17) is 30.3 Å². The third-order valence-electron chi connectivity index (χ3n) is 5.76. The predicted molar refractivity (Wildman–Crippen MR) is 139 cm³/mol. The number of hydrogen-bond acceptors (Lipinski definition) is 12. The van der Waals surface area contributed by atoms with E-state index in [0.717, 1.165) is 0 Å². The van der Waals surface area contributed by atoms with Crippen LogP contribution in [0.1, 0.15) is 19.0 Å². The van der Waals surface area contributed by atoms with E-state index in [-0.39, 0.29) is 17.0 Å². The van der Waals surface area contributed by atoms with Crippen molar-refractivity contribution in [3.8, 4) is 5.75 Å². The lowest BCUT2D eigenvalue weighted by atomic mass is 10.1. The van der Waals surface area contributed by atoms with Gasteiger partial charge in [0.15, 0.2) is 17.4 Å². The first kappa shape index (κ1) is 28.6. The number of methoxy groups -OCH3 is 1. The Balaban J connectivity index is 1.66. The molecule has 16 nitrogen and oxygen atoms in total. The van der Waals surface area contributed by atoms with Gasteiger partial charge < -0.3 is 33.7 Å². The van der Waals surface area contributed by atoms with Crippen LogP contribution in [0.4, 0.5) is 0 Å². The number of nitrogens with zero attached hydrogens (tertiary/aromatic N) is 6. The lowest BCUT2D eigenvalue weighted by Crippen LogP contribution is -2.45. The summed E-state index contributed by atoms with van der Waals surface area (Å²) in [6, 6.07) is 7.41. The number of aromatic nitrogens is 4. The van der Waals surface area contributed by atoms with Crippen molar-refractivity contribution in [2.24, 2.45) is 5.11 Å². The van der Waals surface area contributed by atoms with Gasteiger partial charge in [-0.25, -0.2) is 15.1 Å². The van der Waals surface area contributed by atoms with Crippen molar-refractivity contribution in [3.63, 3.8) is 0 Å². The van der Waals surface area contributed by atoms with Crippen LogP contribution in [0, 0.1) is 6.92 Å². The fourth-order valence-corrected chi connectivity index (χ4v) is 6.28. The Hall–Kier alpha value is -3.40. The van der Waals surface area contributed by atoms with Crippen LogP contribution in [0.15, 0.2) is 46.6 Å². The Morgan fingerprint density at radius 2 is 2.15 bits per heavy atom. The minimum Gasteiger partial charge on any atom is -0.468 e. The van der Waals surface area contributed by atoms with E-state index in [9.17, 15) is 25.3 Å². The number of aromatic amines is 1. The van der Waals surface area contributed by atoms with E-state index in [1.165, 1.54) is 24.9 Å². The van der Waals surface area contributed by atoms with E-state index >= 15 is 0 Å². The van der Waals surface area contributed by atoms with Gasteiger partial charge in [0.05, 0.1) is 20.0 Å². The summed E-state index contributed by atoms with van der Waals surface area (Å²) in [4.78, 5) is 37.8. The van der Waals surface area contributed by atoms with Gasteiger partial charge in [-0.15, -0.1) is 0 Å². The molecule has 6 atom stereocenters. The normalized spacial score (nSPS) is 25.0. The summed E-state index contributed by atoms with van der Waals surface area (Å²) >= 11 is 5.61. The molecule has 1 aromatic carbocycles. The molecule has 3 heterocycles. The van der Waals surface area contributed by atoms with Crippen LogP contribution in [-0.4, -0.2) is 73.4 Å². The van der Waals surface area contributed by atoms with E-state index in [1.54, 1.807) is 37.3 Å². The van der Waals surface area contributed by atoms with Gasteiger partial charge >= 0.3 is 12.6 Å². The van der Waals surface area contributed by atoms with Crippen LogP contribution in [0.25, 0.3) is 21.6 Å². The number of ether oxygens (including phenoxy) is 2. The number of benzene rings is 1. The number of aliphatic hydroxyl groups is 2. The average Bonchev–Trinajstić information content (AvgIpc) is 3.43. The molecule has 0 saturated carbocycles. The summed E-state index contributed by atoms with van der Waals surface area (Å²) in [5, 5.41) is 28.3. The maximum absolute atomic E-state index is 12.3. The maximum Gasteiger partial charge on any atom is 0.323 e. The topological polar surface area (TPSA) is 219 Å². The number of carbonyl (C=O) groups excluding carboxylic acids is 1. The van der Waals surface area contributed by atoms with Crippen molar-refractivity contribution in [2.45, 2.75) is 44.1 Å². The number of imidazole rings is 1. The molecular formula is C21H25N8O8PS. The monoisotopic (exact) mass is 580 g/mol. The number of nitrogens with one attached hydrogen (secondary N) is 2. The van der Waals surface area contributed by atoms with Crippen molar-refractivity contribution in [3.05, 3.63) is 63.3 Å². The molecule has 1 saturated heterocycles. The Kier molecular flexibility index (Phi) is 8.34. The Labute approximate surface area is 225 Å². The smallest absolute Gasteiger partial charge is 0.323 e. The summed E-state index contributed by atoms with van der Waals surface area (Å²) in [5.41, 5.74) is 6.62. The van der Waals surface area contributed by atoms with Crippen LogP contribution in [0.2, 0.25) is 0 Å². The minimum absolute atomic E-state index is 0.0313. The summed E-state index contributed by atoms with van der Waals surface area (Å²) < 4.78 is 23.6. The number of azide groups is 1. The molecule has 2 unspecified atom stereocenters. The van der Waals surface area contributed by atoms with Crippen molar-refractivity contribution in [2.75, 3.05) is 13.7 Å². The fourth-order valence-electron chi connectivity index (χ4n) is 3.88. The Bertz CT molecular complexity index is 1510. The molecule has 1 aliphatic heterocycles. The molecule has 4 rings (SSSR count). The van der Waals surface area contributed by atoms with Gasteiger partial charge in [0.1, 0.15) is 29.8 Å². The van der Waals surface area contributed by atoms with Crippen LogP contribution in [-0.2, 0) is 30.6 Å². The molecule has 0 bridgehead atoms. The fraction of sp³-hybridized carbons (Fsp3) is 0.429. The number of aliphatic hydroxyl groups excluding tert-OH is 2. The number of fused-ring (bicyclic) bond motifs is 1. The van der Waals surface area contributed by atoms with Crippen LogP contribution in [0.5, 0.6) is 5.75 Å². The summed E-state index contributed by atoms with van der Waals surface area (Å²) in [5.74, 6) is -0.0614. The molecule has 18 heteroatoms. The summed E-state index contributed by atoms with van der Waals surface area (Å²) in [7, 11) is 1.20. The highest BCUT2D eigenvalue weighted by molar-refractivity contribution is 8.09. The quantitative estimate of drug-likeness (QED) is 0.0873. The van der Waals surface area contributed by atoms with Gasteiger partial charge in [-0.2, -0.15) is 0 Å². The van der Waals surface area contributed by atoms with Crippen LogP contribution < -0.4 is 15.2 Å². The molecule has 1 aliphatic rings. The molecule has 208 valence electrons. The number of carbonyl (C=O) groups is 1. The van der Waals surface area contributed by atoms with E-state index < -0.39 is 55.0 Å². The first-order chi connectivity index (χ1) is 18.5. The summed E-state index contributed by atoms with van der Waals surface area (Å²) in [6.45, 7) is -1.27. The van der Waals surface area contributed by atoms with Gasteiger partial charge in [0.25, 0.3) is 5.56 Å². The SMILES string of the molecule is COC(=O)C(C)NP(=S)(OC[C@@]1(N=[N+]=[N-])O[C@@H](n2cnc3c(=O)[nH]c(C)nc32)[C@H](O)[C@@H]1O)Oc1ccccc1. The predicted octanol–water partition coefficient (Wildman–Crippen LogP) is 1.16. The van der Waals surface area contributed by atoms with E-state index in [0.29, 0.717) is 5.75 Å². The van der Waals surface area contributed by atoms with Gasteiger partial charge in [-0.3, -0.25) is 14.2 Å². The van der Waals surface area contributed by atoms with Gasteiger partial charge in [0.2, 0.25) is 5.72 Å². The molecular weight excluding hydrogens is 555 g/mol. The molecule has 39 heavy (non-hydrogen) atoms. The lowest BCUT2D eigenvalue weighted by Gasteiger charge is -2.31. The molecule has 0 spiro atoms. The zero-order valence-electron chi connectivity index (χ0n) is 20.9. The molecule has 0 amide bonds. The number of hydrogen-bond donors (Lipinski definition) is 4. The summed E-state index contributed by atoms with van der Waals surface area (Å²) in [6.07, 6.45) is -3.69. The van der Waals surface area contributed by atoms with E-state index in [2.05, 4.69) is 30.1 Å². The molecule has 1 fully saturated rings. The molecule has 4 N–H and O–H groups in total. The Morgan fingerprint density at radius 1 is 1.44 bits per heavy atom.